The molecule has 0 atom stereocenters. The lowest BCUT2D eigenvalue weighted by atomic mass is 9.32. The monoisotopic (exact) mass is 864 g/mol. The summed E-state index contributed by atoms with van der Waals surface area (Å²) >= 11 is 0. The number of benzene rings is 11. The summed E-state index contributed by atoms with van der Waals surface area (Å²) in [6.45, 7) is 13.8. The molecule has 0 saturated carbocycles. The third kappa shape index (κ3) is 4.94. The molecule has 0 fully saturated rings. The van der Waals surface area contributed by atoms with Crippen LogP contribution in [0.4, 0.5) is 0 Å². The summed E-state index contributed by atoms with van der Waals surface area (Å²) in [6, 6.07) is 65.9. The molecule has 0 aliphatic carbocycles. The largest absolute Gasteiger partial charge is 0.310 e. The van der Waals surface area contributed by atoms with Crippen LogP contribution in [0.3, 0.4) is 0 Å². The van der Waals surface area contributed by atoms with Gasteiger partial charge >= 0.3 is 0 Å². The van der Waals surface area contributed by atoms with E-state index in [1.807, 2.05) is 0 Å². The standard InChI is InChI=1S/C64H46B2N2/c1-35-23-37(3)61(38(4)24-35)65-51-33-58-52(34-57(51)67-55-31-43-17-9-7-15-41(43)27-49(55)59-47-21-13-11-19-45(47)29-53(65)63(59)67)66(62-39(5)25-36(2)26-40(62)6)54-30-46-20-12-14-22-48(46)60-50-28-42-16-8-10-18-44(42)32-56(50)68(58)64(54)60/h7-34H,1-6H3. The topological polar surface area (TPSA) is 9.86 Å². The van der Waals surface area contributed by atoms with Crippen molar-refractivity contribution in [1.29, 1.82) is 0 Å². The zero-order valence-corrected chi connectivity index (χ0v) is 39.2. The highest BCUT2D eigenvalue weighted by Gasteiger charge is 2.42. The van der Waals surface area contributed by atoms with Crippen molar-refractivity contribution in [3.63, 3.8) is 0 Å². The molecule has 0 unspecified atom stereocenters. The second-order valence-electron chi connectivity index (χ2n) is 20.4. The molecule has 2 aliphatic heterocycles. The Morgan fingerprint density at radius 1 is 0.309 bits per heavy atom. The van der Waals surface area contributed by atoms with E-state index in [0.29, 0.717) is 0 Å². The number of nitrogens with zero attached hydrogens (tertiary/aromatic N) is 2. The molecular formula is C64H46B2N2. The van der Waals surface area contributed by atoms with Crippen molar-refractivity contribution < 1.29 is 0 Å². The van der Waals surface area contributed by atoms with Crippen LogP contribution >= 0.6 is 0 Å². The quantitative estimate of drug-likeness (QED) is 0.153. The third-order valence-corrected chi connectivity index (χ3v) is 16.3. The normalized spacial score (nSPS) is 13.1. The molecule has 11 aromatic carbocycles. The summed E-state index contributed by atoms with van der Waals surface area (Å²) < 4.78 is 5.37. The van der Waals surface area contributed by atoms with Crippen molar-refractivity contribution in [1.82, 2.24) is 9.13 Å². The van der Waals surface area contributed by atoms with Crippen LogP contribution in [0, 0.1) is 41.5 Å². The van der Waals surface area contributed by atoms with Crippen molar-refractivity contribution in [3.05, 3.63) is 203 Å². The minimum Gasteiger partial charge on any atom is -0.310 e. The van der Waals surface area contributed by atoms with Crippen molar-refractivity contribution in [2.45, 2.75) is 41.5 Å². The van der Waals surface area contributed by atoms with Crippen LogP contribution in [-0.4, -0.2) is 22.6 Å². The van der Waals surface area contributed by atoms with Crippen LogP contribution in [0.5, 0.6) is 0 Å². The van der Waals surface area contributed by atoms with Crippen molar-refractivity contribution >= 4 is 133 Å². The van der Waals surface area contributed by atoms with Gasteiger partial charge in [0.05, 0.1) is 22.1 Å². The summed E-state index contributed by atoms with van der Waals surface area (Å²) in [6.07, 6.45) is 0. The molecule has 4 heteroatoms. The molecule has 0 radical (unpaired) electrons. The van der Waals surface area contributed by atoms with E-state index >= 15 is 0 Å². The summed E-state index contributed by atoms with van der Waals surface area (Å²) in [4.78, 5) is 0. The average molecular weight is 865 g/mol. The molecule has 2 nitrogen and oxygen atoms in total. The molecule has 2 aromatic heterocycles. The minimum atomic E-state index is -0.00770. The number of aryl methyl sites for hydroxylation is 6. The van der Waals surface area contributed by atoms with E-state index < -0.39 is 0 Å². The first-order valence-electron chi connectivity index (χ1n) is 24.3. The van der Waals surface area contributed by atoms with Crippen LogP contribution in [-0.2, 0) is 0 Å². The Labute approximate surface area is 396 Å². The molecular weight excluding hydrogens is 818 g/mol. The fourth-order valence-electron chi connectivity index (χ4n) is 13.9. The van der Waals surface area contributed by atoms with Gasteiger partial charge in [-0.25, -0.2) is 0 Å². The molecule has 0 bridgehead atoms. The Bertz CT molecular complexity index is 4140. The summed E-state index contributed by atoms with van der Waals surface area (Å²) in [5, 5.41) is 15.5. The summed E-state index contributed by atoms with van der Waals surface area (Å²) in [7, 11) is 0. The molecule has 0 N–H and O–H groups in total. The molecule has 0 spiro atoms. The maximum Gasteiger partial charge on any atom is 0.247 e. The Kier molecular flexibility index (Phi) is 7.56. The van der Waals surface area contributed by atoms with Crippen LogP contribution in [0.25, 0.3) is 98.1 Å². The van der Waals surface area contributed by atoms with Gasteiger partial charge in [-0.2, -0.15) is 0 Å². The zero-order chi connectivity index (χ0) is 45.4. The van der Waals surface area contributed by atoms with Gasteiger partial charge in [-0.05, 0) is 143 Å². The van der Waals surface area contributed by atoms with E-state index in [9.17, 15) is 0 Å². The zero-order valence-electron chi connectivity index (χ0n) is 39.2. The van der Waals surface area contributed by atoms with E-state index in [-0.39, 0.29) is 13.4 Å². The first-order valence-corrected chi connectivity index (χ1v) is 24.3. The number of aromatic nitrogens is 2. The highest BCUT2D eigenvalue weighted by atomic mass is 15.0. The second kappa shape index (κ2) is 13.4. The smallest absolute Gasteiger partial charge is 0.247 e. The van der Waals surface area contributed by atoms with Gasteiger partial charge in [-0.3, -0.25) is 0 Å². The molecule has 4 heterocycles. The van der Waals surface area contributed by atoms with Gasteiger partial charge < -0.3 is 9.13 Å². The number of fused-ring (bicyclic) bond motifs is 16. The van der Waals surface area contributed by atoms with Gasteiger partial charge in [0.25, 0.3) is 0 Å². The van der Waals surface area contributed by atoms with E-state index in [1.54, 1.807) is 0 Å². The maximum absolute atomic E-state index is 2.68. The molecule has 15 rings (SSSR count). The number of hydrogen-bond acceptors (Lipinski definition) is 0. The lowest BCUT2D eigenvalue weighted by molar-refractivity contribution is 1.16. The maximum atomic E-state index is 2.68. The summed E-state index contributed by atoms with van der Waals surface area (Å²) in [5.74, 6) is 0. The molecule has 2 aliphatic rings. The molecule has 0 amide bonds. The third-order valence-electron chi connectivity index (χ3n) is 16.3. The van der Waals surface area contributed by atoms with Crippen molar-refractivity contribution in [2.24, 2.45) is 0 Å². The van der Waals surface area contributed by atoms with Crippen LogP contribution in [0.1, 0.15) is 33.4 Å². The first kappa shape index (κ1) is 38.3. The molecule has 318 valence electrons. The first-order chi connectivity index (χ1) is 33.2. The highest BCUT2D eigenvalue weighted by Crippen LogP contribution is 2.43. The predicted octanol–water partition coefficient (Wildman–Crippen LogP) is 12.0. The predicted molar refractivity (Wildman–Crippen MR) is 296 cm³/mol. The Hall–Kier alpha value is -7.81. The Morgan fingerprint density at radius 2 is 0.647 bits per heavy atom. The van der Waals surface area contributed by atoms with Crippen LogP contribution < -0.4 is 32.8 Å². The van der Waals surface area contributed by atoms with Gasteiger partial charge in [0, 0.05) is 32.9 Å². The summed E-state index contributed by atoms with van der Waals surface area (Å²) in [5.41, 5.74) is 24.0. The molecule has 13 aromatic rings. The van der Waals surface area contributed by atoms with Crippen molar-refractivity contribution in [3.8, 4) is 11.4 Å². The molecule has 68 heavy (non-hydrogen) atoms. The van der Waals surface area contributed by atoms with E-state index in [0.717, 1.165) is 0 Å². The fraction of sp³-hybridized carbons (Fsp3) is 0.0938. The van der Waals surface area contributed by atoms with Crippen LogP contribution in [0.2, 0.25) is 0 Å². The second-order valence-corrected chi connectivity index (χ2v) is 20.4. The fourth-order valence-corrected chi connectivity index (χ4v) is 13.9. The highest BCUT2D eigenvalue weighted by molar-refractivity contribution is 7.00. The SMILES string of the molecule is Cc1cc(C)c(B2c3cc4c(cc3-n3c5cc6ccccc6cc5c5c6ccccc6cc2c53)B(c2c(C)cc(C)cc2C)c2cc3ccccc3c3c5cc6ccccc6cc5n-4c23)c(C)c1. The number of rotatable bonds is 2. The van der Waals surface area contributed by atoms with E-state index in [1.165, 1.54) is 164 Å². The van der Waals surface area contributed by atoms with E-state index in [2.05, 4.69) is 221 Å². The van der Waals surface area contributed by atoms with Gasteiger partial charge in [0.2, 0.25) is 13.4 Å². The number of hydrogen-bond donors (Lipinski definition) is 0. The van der Waals surface area contributed by atoms with Gasteiger partial charge in [0.1, 0.15) is 0 Å². The van der Waals surface area contributed by atoms with Gasteiger partial charge in [-0.15, -0.1) is 0 Å². The Morgan fingerprint density at radius 3 is 1.03 bits per heavy atom. The van der Waals surface area contributed by atoms with E-state index in [4.69, 9.17) is 0 Å². The molecule has 0 saturated heterocycles. The lowest BCUT2D eigenvalue weighted by Gasteiger charge is -2.34. The van der Waals surface area contributed by atoms with Gasteiger partial charge in [0.15, 0.2) is 0 Å². The van der Waals surface area contributed by atoms with Gasteiger partial charge in [-0.1, -0.05) is 178 Å². The minimum absolute atomic E-state index is 0.00770. The van der Waals surface area contributed by atoms with Crippen molar-refractivity contribution in [2.75, 3.05) is 0 Å². The lowest BCUT2D eigenvalue weighted by Crippen LogP contribution is -2.61. The Balaban J connectivity index is 1.19. The average Bonchev–Trinajstić information content (AvgIpc) is 3.84. The van der Waals surface area contributed by atoms with Crippen LogP contribution in [0.15, 0.2) is 170 Å².